The van der Waals surface area contributed by atoms with Crippen LogP contribution < -0.4 is 5.73 Å². The molecule has 0 aromatic heterocycles. The lowest BCUT2D eigenvalue weighted by atomic mass is 9.75. The summed E-state index contributed by atoms with van der Waals surface area (Å²) in [5, 5.41) is 0. The molecule has 0 saturated heterocycles. The molecule has 0 radical (unpaired) electrons. The predicted octanol–water partition coefficient (Wildman–Crippen LogP) is 0.751. The summed E-state index contributed by atoms with van der Waals surface area (Å²) in [7, 11) is 6.42. The van der Waals surface area contributed by atoms with E-state index >= 15 is 0 Å². The molecule has 0 heterocycles. The Balaban J connectivity index is 2.05. The van der Waals surface area contributed by atoms with Crippen LogP contribution in [-0.2, 0) is 0 Å². The Morgan fingerprint density at radius 3 is 2.14 bits per heavy atom. The SMILES string of the molecule is CN(C)CCN(C)CCC1(N)CCC1. The predicted molar refractivity (Wildman–Crippen MR) is 61.4 cm³/mol. The van der Waals surface area contributed by atoms with E-state index in [9.17, 15) is 0 Å². The van der Waals surface area contributed by atoms with Crippen LogP contribution in [0, 0.1) is 0 Å². The van der Waals surface area contributed by atoms with Gasteiger partial charge >= 0.3 is 0 Å². The quantitative estimate of drug-likeness (QED) is 0.685. The highest BCUT2D eigenvalue weighted by Crippen LogP contribution is 2.31. The molecule has 0 unspecified atom stereocenters. The molecule has 0 bridgehead atoms. The van der Waals surface area contributed by atoms with E-state index in [2.05, 4.69) is 30.9 Å². The molecular formula is C11H25N3. The Bertz CT molecular complexity index is 164. The Kier molecular flexibility index (Phi) is 4.35. The van der Waals surface area contributed by atoms with Gasteiger partial charge in [-0.1, -0.05) is 0 Å². The highest BCUT2D eigenvalue weighted by molar-refractivity contribution is 4.92. The fourth-order valence-corrected chi connectivity index (χ4v) is 1.78. The van der Waals surface area contributed by atoms with Crippen molar-refractivity contribution in [2.45, 2.75) is 31.2 Å². The summed E-state index contributed by atoms with van der Waals surface area (Å²) in [6.45, 7) is 3.42. The van der Waals surface area contributed by atoms with Crippen molar-refractivity contribution in [1.29, 1.82) is 0 Å². The maximum Gasteiger partial charge on any atom is 0.0166 e. The smallest absolute Gasteiger partial charge is 0.0166 e. The first-order chi connectivity index (χ1) is 6.52. The van der Waals surface area contributed by atoms with Gasteiger partial charge in [-0.15, -0.1) is 0 Å². The average Bonchev–Trinajstić information content (AvgIpc) is 2.08. The number of nitrogens with zero attached hydrogens (tertiary/aromatic N) is 2. The largest absolute Gasteiger partial charge is 0.325 e. The van der Waals surface area contributed by atoms with Gasteiger partial charge in [-0.05, 0) is 53.4 Å². The third-order valence-corrected chi connectivity index (χ3v) is 3.27. The topological polar surface area (TPSA) is 32.5 Å². The van der Waals surface area contributed by atoms with Crippen molar-refractivity contribution in [2.24, 2.45) is 5.73 Å². The van der Waals surface area contributed by atoms with Gasteiger partial charge in [0.2, 0.25) is 0 Å². The van der Waals surface area contributed by atoms with Crippen LogP contribution in [0.5, 0.6) is 0 Å². The van der Waals surface area contributed by atoms with Crippen LogP contribution in [0.4, 0.5) is 0 Å². The molecule has 1 saturated carbocycles. The molecule has 0 spiro atoms. The van der Waals surface area contributed by atoms with Gasteiger partial charge in [0.05, 0.1) is 0 Å². The zero-order valence-electron chi connectivity index (χ0n) is 9.92. The molecule has 1 fully saturated rings. The summed E-state index contributed by atoms with van der Waals surface area (Å²) in [6, 6.07) is 0. The first-order valence-corrected chi connectivity index (χ1v) is 5.64. The molecule has 0 amide bonds. The fourth-order valence-electron chi connectivity index (χ4n) is 1.78. The summed E-state index contributed by atoms with van der Waals surface area (Å²) in [4.78, 5) is 4.60. The van der Waals surface area contributed by atoms with E-state index < -0.39 is 0 Å². The van der Waals surface area contributed by atoms with E-state index in [4.69, 9.17) is 5.73 Å². The summed E-state index contributed by atoms with van der Waals surface area (Å²) >= 11 is 0. The van der Waals surface area contributed by atoms with Crippen molar-refractivity contribution in [3.8, 4) is 0 Å². The number of likely N-dealkylation sites (N-methyl/N-ethyl adjacent to an activating group) is 2. The molecule has 14 heavy (non-hydrogen) atoms. The second-order valence-electron chi connectivity index (χ2n) is 5.07. The van der Waals surface area contributed by atoms with E-state index in [1.54, 1.807) is 0 Å². The Labute approximate surface area is 88.2 Å². The maximum absolute atomic E-state index is 6.17. The molecule has 0 atom stereocenters. The lowest BCUT2D eigenvalue weighted by Gasteiger charge is -2.39. The molecule has 84 valence electrons. The maximum atomic E-state index is 6.17. The van der Waals surface area contributed by atoms with E-state index in [-0.39, 0.29) is 5.54 Å². The Morgan fingerprint density at radius 2 is 1.71 bits per heavy atom. The van der Waals surface area contributed by atoms with Crippen molar-refractivity contribution in [1.82, 2.24) is 9.80 Å². The fraction of sp³-hybridized carbons (Fsp3) is 1.00. The third-order valence-electron chi connectivity index (χ3n) is 3.27. The van der Waals surface area contributed by atoms with E-state index in [0.717, 1.165) is 26.1 Å². The average molecular weight is 199 g/mol. The first-order valence-electron chi connectivity index (χ1n) is 5.64. The minimum absolute atomic E-state index is 0.187. The lowest BCUT2D eigenvalue weighted by Crippen LogP contribution is -2.48. The third kappa shape index (κ3) is 3.95. The highest BCUT2D eigenvalue weighted by Gasteiger charge is 2.31. The van der Waals surface area contributed by atoms with Gasteiger partial charge in [0, 0.05) is 18.6 Å². The van der Waals surface area contributed by atoms with Crippen molar-refractivity contribution < 1.29 is 0 Å². The second kappa shape index (κ2) is 5.10. The lowest BCUT2D eigenvalue weighted by molar-refractivity contribution is 0.190. The molecule has 1 aliphatic rings. The van der Waals surface area contributed by atoms with Crippen LogP contribution in [0.15, 0.2) is 0 Å². The van der Waals surface area contributed by atoms with Gasteiger partial charge in [-0.25, -0.2) is 0 Å². The molecule has 3 heteroatoms. The summed E-state index contributed by atoms with van der Waals surface area (Å²) in [5.74, 6) is 0. The van der Waals surface area contributed by atoms with Crippen LogP contribution >= 0.6 is 0 Å². The zero-order valence-corrected chi connectivity index (χ0v) is 9.92. The molecule has 3 nitrogen and oxygen atoms in total. The second-order valence-corrected chi connectivity index (χ2v) is 5.07. The number of hydrogen-bond acceptors (Lipinski definition) is 3. The van der Waals surface area contributed by atoms with Crippen LogP contribution in [0.25, 0.3) is 0 Å². The van der Waals surface area contributed by atoms with Gasteiger partial charge in [0.1, 0.15) is 0 Å². The number of nitrogens with two attached hydrogens (primary N) is 1. The van der Waals surface area contributed by atoms with Crippen LogP contribution in [0.1, 0.15) is 25.7 Å². The van der Waals surface area contributed by atoms with Crippen molar-refractivity contribution in [2.75, 3.05) is 40.8 Å². The summed E-state index contributed by atoms with van der Waals surface area (Å²) in [6.07, 6.45) is 4.96. The van der Waals surface area contributed by atoms with E-state index in [1.807, 2.05) is 0 Å². The minimum atomic E-state index is 0.187. The van der Waals surface area contributed by atoms with E-state index in [1.165, 1.54) is 19.3 Å². The van der Waals surface area contributed by atoms with Crippen molar-refractivity contribution in [3.05, 3.63) is 0 Å². The van der Waals surface area contributed by atoms with E-state index in [0.29, 0.717) is 0 Å². The van der Waals surface area contributed by atoms with Crippen LogP contribution in [-0.4, -0.2) is 56.1 Å². The van der Waals surface area contributed by atoms with Gasteiger partial charge in [0.15, 0.2) is 0 Å². The highest BCUT2D eigenvalue weighted by atomic mass is 15.1. The summed E-state index contributed by atoms with van der Waals surface area (Å²) in [5.41, 5.74) is 6.36. The first kappa shape index (κ1) is 12.0. The standard InChI is InChI=1S/C11H25N3/c1-13(2)9-10-14(3)8-7-11(12)5-4-6-11/h4-10,12H2,1-3H3. The molecular weight excluding hydrogens is 174 g/mol. The minimum Gasteiger partial charge on any atom is -0.325 e. The normalized spacial score (nSPS) is 20.1. The van der Waals surface area contributed by atoms with Crippen molar-refractivity contribution >= 4 is 0 Å². The molecule has 1 rings (SSSR count). The van der Waals surface area contributed by atoms with Gasteiger partial charge < -0.3 is 15.5 Å². The number of hydrogen-bond donors (Lipinski definition) is 1. The molecule has 0 aromatic rings. The van der Waals surface area contributed by atoms with Gasteiger partial charge in [-0.2, -0.15) is 0 Å². The van der Waals surface area contributed by atoms with Crippen molar-refractivity contribution in [3.63, 3.8) is 0 Å². The molecule has 0 aliphatic heterocycles. The van der Waals surface area contributed by atoms with Gasteiger partial charge in [-0.3, -0.25) is 0 Å². The Hall–Kier alpha value is -0.120. The van der Waals surface area contributed by atoms with Gasteiger partial charge in [0.25, 0.3) is 0 Å². The Morgan fingerprint density at radius 1 is 1.07 bits per heavy atom. The monoisotopic (exact) mass is 199 g/mol. The van der Waals surface area contributed by atoms with Crippen LogP contribution in [0.2, 0.25) is 0 Å². The summed E-state index contributed by atoms with van der Waals surface area (Å²) < 4.78 is 0. The molecule has 1 aliphatic carbocycles. The van der Waals surface area contributed by atoms with Crippen LogP contribution in [0.3, 0.4) is 0 Å². The molecule has 2 N–H and O–H groups in total. The zero-order chi connectivity index (χ0) is 10.6. The number of rotatable bonds is 6. The molecule has 0 aromatic carbocycles.